The van der Waals surface area contributed by atoms with E-state index in [0.717, 1.165) is 12.1 Å². The van der Waals surface area contributed by atoms with Gasteiger partial charge in [-0.25, -0.2) is 9.02 Å². The van der Waals surface area contributed by atoms with Crippen LogP contribution in [0.15, 0.2) is 16.8 Å². The van der Waals surface area contributed by atoms with E-state index in [0.29, 0.717) is 5.69 Å². The van der Waals surface area contributed by atoms with Gasteiger partial charge >= 0.3 is 0 Å². The standard InChI is InChI=1S/C10H6Cl2FN3O2/c1-4-9(16-18-15-4)14-10(17)5-2-8(13)7(12)3-6(5)11/h2-3H,1H3,(H,14,16,17). The van der Waals surface area contributed by atoms with Crippen molar-refractivity contribution in [1.82, 2.24) is 10.3 Å². The average Bonchev–Trinajstić information content (AvgIpc) is 2.69. The van der Waals surface area contributed by atoms with Gasteiger partial charge in [0, 0.05) is 0 Å². The van der Waals surface area contributed by atoms with E-state index in [2.05, 4.69) is 20.3 Å². The minimum absolute atomic E-state index is 0.0352. The molecule has 8 heteroatoms. The highest BCUT2D eigenvalue weighted by Gasteiger charge is 2.16. The van der Waals surface area contributed by atoms with E-state index in [1.54, 1.807) is 6.92 Å². The fourth-order valence-corrected chi connectivity index (χ4v) is 1.69. The second-order valence-corrected chi connectivity index (χ2v) is 4.21. The maximum Gasteiger partial charge on any atom is 0.258 e. The highest BCUT2D eigenvalue weighted by atomic mass is 35.5. The highest BCUT2D eigenvalue weighted by molar-refractivity contribution is 6.37. The van der Waals surface area contributed by atoms with Gasteiger partial charge in [-0.1, -0.05) is 28.4 Å². The SMILES string of the molecule is Cc1nonc1NC(=O)c1cc(F)c(Cl)cc1Cl. The molecule has 18 heavy (non-hydrogen) atoms. The molecule has 0 unspecified atom stereocenters. The summed E-state index contributed by atoms with van der Waals surface area (Å²) in [5.74, 6) is -1.22. The molecule has 0 aliphatic heterocycles. The van der Waals surface area contributed by atoms with E-state index in [1.807, 2.05) is 0 Å². The molecule has 0 bridgehead atoms. The molecule has 5 nitrogen and oxygen atoms in total. The van der Waals surface area contributed by atoms with Crippen LogP contribution in [-0.2, 0) is 0 Å². The average molecular weight is 290 g/mol. The smallest absolute Gasteiger partial charge is 0.258 e. The van der Waals surface area contributed by atoms with Gasteiger partial charge in [0.15, 0.2) is 0 Å². The van der Waals surface area contributed by atoms with Gasteiger partial charge < -0.3 is 5.32 Å². The second-order valence-electron chi connectivity index (χ2n) is 3.40. The molecule has 0 aliphatic rings. The number of hydrogen-bond acceptors (Lipinski definition) is 4. The van der Waals surface area contributed by atoms with Crippen LogP contribution in [-0.4, -0.2) is 16.2 Å². The summed E-state index contributed by atoms with van der Waals surface area (Å²) in [7, 11) is 0. The number of amides is 1. The zero-order valence-corrected chi connectivity index (χ0v) is 10.5. The lowest BCUT2D eigenvalue weighted by molar-refractivity contribution is 0.102. The van der Waals surface area contributed by atoms with Crippen molar-refractivity contribution in [2.75, 3.05) is 5.32 Å². The van der Waals surface area contributed by atoms with Crippen LogP contribution in [0.1, 0.15) is 16.1 Å². The number of benzene rings is 1. The first kappa shape index (κ1) is 12.8. The Balaban J connectivity index is 2.30. The van der Waals surface area contributed by atoms with Gasteiger partial charge in [-0.15, -0.1) is 0 Å². The molecule has 0 saturated carbocycles. The topological polar surface area (TPSA) is 68.0 Å². The summed E-state index contributed by atoms with van der Waals surface area (Å²) in [5, 5.41) is 9.23. The summed E-state index contributed by atoms with van der Waals surface area (Å²) in [6.07, 6.45) is 0. The Labute approximate surface area is 111 Å². The lowest BCUT2D eigenvalue weighted by Gasteiger charge is -2.05. The monoisotopic (exact) mass is 289 g/mol. The van der Waals surface area contributed by atoms with Gasteiger partial charge in [0.05, 0.1) is 15.6 Å². The third-order valence-electron chi connectivity index (χ3n) is 2.14. The van der Waals surface area contributed by atoms with Crippen molar-refractivity contribution in [2.24, 2.45) is 0 Å². The van der Waals surface area contributed by atoms with Crippen molar-refractivity contribution in [1.29, 1.82) is 0 Å². The summed E-state index contributed by atoms with van der Waals surface area (Å²) >= 11 is 11.3. The summed E-state index contributed by atoms with van der Waals surface area (Å²) in [5.41, 5.74) is 0.342. The summed E-state index contributed by atoms with van der Waals surface area (Å²) in [6, 6.07) is 2.10. The Hall–Kier alpha value is -1.66. The van der Waals surface area contributed by atoms with Gasteiger partial charge in [0.1, 0.15) is 11.5 Å². The second kappa shape index (κ2) is 4.91. The Bertz CT molecular complexity index is 615. The lowest BCUT2D eigenvalue weighted by Crippen LogP contribution is -2.14. The van der Waals surface area contributed by atoms with Crippen LogP contribution in [0.2, 0.25) is 10.0 Å². The van der Waals surface area contributed by atoms with Crippen LogP contribution in [0, 0.1) is 12.7 Å². The van der Waals surface area contributed by atoms with Crippen LogP contribution in [0.5, 0.6) is 0 Å². The number of hydrogen-bond donors (Lipinski definition) is 1. The molecule has 1 aromatic heterocycles. The molecule has 2 aromatic rings. The number of rotatable bonds is 2. The molecular formula is C10H6Cl2FN3O2. The quantitative estimate of drug-likeness (QED) is 0.863. The van der Waals surface area contributed by atoms with Crippen molar-refractivity contribution >= 4 is 34.9 Å². The van der Waals surface area contributed by atoms with Crippen molar-refractivity contribution in [3.8, 4) is 0 Å². The van der Waals surface area contributed by atoms with E-state index >= 15 is 0 Å². The lowest BCUT2D eigenvalue weighted by atomic mass is 10.2. The fourth-order valence-electron chi connectivity index (χ4n) is 1.22. The minimum Gasteiger partial charge on any atom is -0.302 e. The van der Waals surface area contributed by atoms with E-state index < -0.39 is 11.7 Å². The molecule has 94 valence electrons. The molecule has 0 saturated heterocycles. The number of aryl methyl sites for hydroxylation is 1. The maximum absolute atomic E-state index is 13.3. The van der Waals surface area contributed by atoms with Crippen molar-refractivity contribution in [3.63, 3.8) is 0 Å². The predicted octanol–water partition coefficient (Wildman–Crippen LogP) is 3.08. The van der Waals surface area contributed by atoms with Crippen LogP contribution < -0.4 is 5.32 Å². The van der Waals surface area contributed by atoms with Gasteiger partial charge in [-0.3, -0.25) is 4.79 Å². The number of halogens is 3. The number of nitrogens with zero attached hydrogens (tertiary/aromatic N) is 2. The first-order chi connectivity index (χ1) is 8.49. The van der Waals surface area contributed by atoms with E-state index in [-0.39, 0.29) is 21.4 Å². The van der Waals surface area contributed by atoms with Crippen LogP contribution in [0.3, 0.4) is 0 Å². The number of anilines is 1. The van der Waals surface area contributed by atoms with Gasteiger partial charge in [0.25, 0.3) is 5.91 Å². The van der Waals surface area contributed by atoms with Gasteiger partial charge in [-0.05, 0) is 24.2 Å². The Morgan fingerprint density at radius 3 is 2.67 bits per heavy atom. The molecule has 0 radical (unpaired) electrons. The summed E-state index contributed by atoms with van der Waals surface area (Å²) in [6.45, 7) is 1.59. The van der Waals surface area contributed by atoms with Crippen molar-refractivity contribution in [3.05, 3.63) is 39.3 Å². The van der Waals surface area contributed by atoms with Crippen molar-refractivity contribution in [2.45, 2.75) is 6.92 Å². The molecule has 0 aliphatic carbocycles. The molecule has 0 fully saturated rings. The molecule has 0 atom stereocenters. The minimum atomic E-state index is -0.735. The largest absolute Gasteiger partial charge is 0.302 e. The van der Waals surface area contributed by atoms with Crippen molar-refractivity contribution < 1.29 is 13.8 Å². The third kappa shape index (κ3) is 2.44. The summed E-state index contributed by atoms with van der Waals surface area (Å²) in [4.78, 5) is 11.8. The number of carbonyl (C=O) groups is 1. The number of carbonyl (C=O) groups excluding carboxylic acids is 1. The first-order valence-electron chi connectivity index (χ1n) is 4.74. The first-order valence-corrected chi connectivity index (χ1v) is 5.49. The molecule has 1 aromatic carbocycles. The zero-order valence-electron chi connectivity index (χ0n) is 9.00. The Morgan fingerprint density at radius 2 is 2.06 bits per heavy atom. The third-order valence-corrected chi connectivity index (χ3v) is 2.74. The van der Waals surface area contributed by atoms with Crippen LogP contribution in [0.4, 0.5) is 10.2 Å². The normalized spacial score (nSPS) is 10.4. The van der Waals surface area contributed by atoms with Crippen LogP contribution >= 0.6 is 23.2 Å². The molecule has 2 rings (SSSR count). The molecule has 1 N–H and O–H groups in total. The zero-order chi connectivity index (χ0) is 13.3. The predicted molar refractivity (Wildman–Crippen MR) is 63.4 cm³/mol. The molecule has 0 spiro atoms. The van der Waals surface area contributed by atoms with E-state index in [9.17, 15) is 9.18 Å². The molecule has 1 amide bonds. The van der Waals surface area contributed by atoms with E-state index in [1.165, 1.54) is 0 Å². The highest BCUT2D eigenvalue weighted by Crippen LogP contribution is 2.25. The van der Waals surface area contributed by atoms with Crippen LogP contribution in [0.25, 0.3) is 0 Å². The fraction of sp³-hybridized carbons (Fsp3) is 0.100. The van der Waals surface area contributed by atoms with Gasteiger partial charge in [-0.2, -0.15) is 0 Å². The number of nitrogens with one attached hydrogen (secondary N) is 1. The maximum atomic E-state index is 13.3. The molecular weight excluding hydrogens is 284 g/mol. The Kier molecular flexibility index (Phi) is 3.49. The summed E-state index contributed by atoms with van der Waals surface area (Å²) < 4.78 is 17.7. The Morgan fingerprint density at radius 1 is 1.33 bits per heavy atom. The van der Waals surface area contributed by atoms with E-state index in [4.69, 9.17) is 23.2 Å². The van der Waals surface area contributed by atoms with Gasteiger partial charge in [0.2, 0.25) is 5.82 Å². The molecule has 1 heterocycles. The number of aromatic nitrogens is 2.